The highest BCUT2D eigenvalue weighted by Gasteiger charge is 2.57. The van der Waals surface area contributed by atoms with Crippen LogP contribution in [0.2, 0.25) is 0 Å². The molecule has 1 saturated heterocycles. The first-order chi connectivity index (χ1) is 22.1. The van der Waals surface area contributed by atoms with Crippen molar-refractivity contribution >= 4 is 10.9 Å². The summed E-state index contributed by atoms with van der Waals surface area (Å²) in [5, 5.41) is 24.6. The lowest BCUT2D eigenvalue weighted by Gasteiger charge is -2.58. The van der Waals surface area contributed by atoms with E-state index in [1.165, 1.54) is 33.3 Å². The maximum Gasteiger partial charge on any atom is 0.0844 e. The van der Waals surface area contributed by atoms with E-state index in [0.29, 0.717) is 6.61 Å². The van der Waals surface area contributed by atoms with Gasteiger partial charge >= 0.3 is 0 Å². The summed E-state index contributed by atoms with van der Waals surface area (Å²) in [5.41, 5.74) is 7.01. The first-order valence-corrected chi connectivity index (χ1v) is 16.5. The molecule has 0 amide bonds. The minimum Gasteiger partial charge on any atom is -0.396 e. The van der Waals surface area contributed by atoms with Gasteiger partial charge in [-0.05, 0) is 47.1 Å². The molecule has 45 heavy (non-hydrogen) atoms. The van der Waals surface area contributed by atoms with Crippen LogP contribution in [0.1, 0.15) is 59.7 Å². The fraction of sp³-hybridized carbons (Fsp3) is 0.350. The van der Waals surface area contributed by atoms with Crippen LogP contribution in [0.25, 0.3) is 10.9 Å². The number of rotatable bonds is 11. The number of para-hydroxylation sites is 1. The third-order valence-electron chi connectivity index (χ3n) is 10.7. The van der Waals surface area contributed by atoms with Gasteiger partial charge in [-0.15, -0.1) is 0 Å². The van der Waals surface area contributed by atoms with Gasteiger partial charge in [0.15, 0.2) is 0 Å². The van der Waals surface area contributed by atoms with Gasteiger partial charge in [0.1, 0.15) is 0 Å². The molecule has 2 bridgehead atoms. The second-order valence-electron chi connectivity index (χ2n) is 13.0. The van der Waals surface area contributed by atoms with Gasteiger partial charge in [0, 0.05) is 47.6 Å². The number of piperidine rings is 1. The van der Waals surface area contributed by atoms with Gasteiger partial charge in [0.25, 0.3) is 0 Å². The van der Waals surface area contributed by atoms with E-state index in [2.05, 4.69) is 113 Å². The molecular formula is C40H44N2O3. The van der Waals surface area contributed by atoms with Gasteiger partial charge < -0.3 is 19.5 Å². The second kappa shape index (κ2) is 12.9. The van der Waals surface area contributed by atoms with Crippen LogP contribution < -0.4 is 0 Å². The van der Waals surface area contributed by atoms with E-state index < -0.39 is 11.5 Å². The van der Waals surface area contributed by atoms with E-state index in [1.807, 2.05) is 18.2 Å². The summed E-state index contributed by atoms with van der Waals surface area (Å²) in [6.45, 7) is 5.33. The van der Waals surface area contributed by atoms with Gasteiger partial charge in [0.2, 0.25) is 0 Å². The molecule has 5 atom stereocenters. The Labute approximate surface area is 266 Å². The summed E-state index contributed by atoms with van der Waals surface area (Å²) in [5.74, 6) is 0.0455. The number of aromatic nitrogens is 1. The number of ether oxygens (including phenoxy) is 1. The summed E-state index contributed by atoms with van der Waals surface area (Å²) in [6.07, 6.45) is 1.03. The molecule has 2 aliphatic rings. The maximum atomic E-state index is 12.1. The zero-order chi connectivity index (χ0) is 30.8. The Balaban J connectivity index is 1.33. The zero-order valence-corrected chi connectivity index (χ0v) is 26.1. The number of benzene rings is 4. The highest BCUT2D eigenvalue weighted by atomic mass is 16.5. The average Bonchev–Trinajstić information content (AvgIpc) is 3.41. The minimum absolute atomic E-state index is 0.0573. The molecule has 0 saturated carbocycles. The molecule has 1 aliphatic carbocycles. The van der Waals surface area contributed by atoms with Crippen LogP contribution in [0.4, 0.5) is 0 Å². The molecule has 2 N–H and O–H groups in total. The van der Waals surface area contributed by atoms with Crippen molar-refractivity contribution in [3.05, 3.63) is 143 Å². The molecular weight excluding hydrogens is 556 g/mol. The third-order valence-corrected chi connectivity index (χ3v) is 10.7. The number of aliphatic hydroxyl groups excluding tert-OH is 2. The summed E-state index contributed by atoms with van der Waals surface area (Å²) < 4.78 is 8.71. The van der Waals surface area contributed by atoms with Crippen molar-refractivity contribution in [2.75, 3.05) is 19.8 Å². The monoisotopic (exact) mass is 600 g/mol. The van der Waals surface area contributed by atoms with Gasteiger partial charge in [-0.2, -0.15) is 0 Å². The Bertz CT molecular complexity index is 1700. The van der Waals surface area contributed by atoms with Gasteiger partial charge in [-0.1, -0.05) is 116 Å². The van der Waals surface area contributed by atoms with E-state index in [9.17, 15) is 10.2 Å². The third kappa shape index (κ3) is 5.53. The molecule has 0 radical (unpaired) electrons. The Morgan fingerprint density at radius 2 is 1.40 bits per heavy atom. The Kier molecular flexibility index (Phi) is 8.61. The molecule has 0 spiro atoms. The smallest absolute Gasteiger partial charge is 0.0844 e. The molecule has 5 heteroatoms. The first-order valence-electron chi connectivity index (χ1n) is 16.5. The Morgan fingerprint density at radius 1 is 0.800 bits per heavy atom. The fourth-order valence-corrected chi connectivity index (χ4v) is 8.51. The molecule has 1 fully saturated rings. The van der Waals surface area contributed by atoms with Crippen LogP contribution in [-0.2, 0) is 24.4 Å². The normalized spacial score (nSPS) is 23.6. The van der Waals surface area contributed by atoms with E-state index in [1.54, 1.807) is 0 Å². The number of likely N-dealkylation sites (tertiary alicyclic amines) is 1. The molecule has 1 aliphatic heterocycles. The largest absolute Gasteiger partial charge is 0.396 e. The topological polar surface area (TPSA) is 57.9 Å². The maximum absolute atomic E-state index is 12.1. The highest BCUT2D eigenvalue weighted by Crippen LogP contribution is 2.59. The molecule has 5 aromatic rings. The molecule has 4 aromatic carbocycles. The fourth-order valence-electron chi connectivity index (χ4n) is 8.51. The lowest BCUT2D eigenvalue weighted by Crippen LogP contribution is -2.59. The molecule has 232 valence electrons. The standard InChI is InChI=1S/C40H44N2O3/c1-2-40(37(44)27-45-26-31-18-10-5-11-19-31)28-41(23-29-14-6-3-7-15-29)36-22-34(40)33(25-43)38-32-20-12-13-21-35(32)42(39(36)38)24-30-16-8-4-9-17-30/h3-21,33-34,36-37,43-44H,2,22-28H2,1H3/t33-,34-,36?,37?,40-/m1/s1. The van der Waals surface area contributed by atoms with Gasteiger partial charge in [0.05, 0.1) is 32.0 Å². The quantitative estimate of drug-likeness (QED) is 0.167. The minimum atomic E-state index is -0.663. The summed E-state index contributed by atoms with van der Waals surface area (Å²) in [6, 6.07) is 40.4. The lowest BCUT2D eigenvalue weighted by molar-refractivity contribution is -0.139. The van der Waals surface area contributed by atoms with Crippen LogP contribution in [0, 0.1) is 11.3 Å². The van der Waals surface area contributed by atoms with Crippen LogP contribution in [0.5, 0.6) is 0 Å². The Morgan fingerprint density at radius 3 is 2.04 bits per heavy atom. The van der Waals surface area contributed by atoms with Crippen molar-refractivity contribution in [2.24, 2.45) is 11.3 Å². The van der Waals surface area contributed by atoms with Crippen LogP contribution in [0.3, 0.4) is 0 Å². The Hall–Kier alpha value is -3.74. The summed E-state index contributed by atoms with van der Waals surface area (Å²) in [4.78, 5) is 2.61. The molecule has 7 rings (SSSR count). The van der Waals surface area contributed by atoms with Gasteiger partial charge in [-0.3, -0.25) is 4.90 Å². The van der Waals surface area contributed by atoms with E-state index in [4.69, 9.17) is 4.74 Å². The van der Waals surface area contributed by atoms with Crippen LogP contribution in [-0.4, -0.2) is 45.5 Å². The summed E-state index contributed by atoms with van der Waals surface area (Å²) in [7, 11) is 0. The van der Waals surface area contributed by atoms with Crippen molar-refractivity contribution in [2.45, 2.75) is 57.5 Å². The second-order valence-corrected chi connectivity index (χ2v) is 13.0. The van der Waals surface area contributed by atoms with Crippen molar-refractivity contribution in [1.82, 2.24) is 9.47 Å². The van der Waals surface area contributed by atoms with Crippen molar-refractivity contribution in [1.29, 1.82) is 0 Å². The first kappa shape index (κ1) is 29.9. The number of fused-ring (bicyclic) bond motifs is 6. The van der Waals surface area contributed by atoms with E-state index in [-0.39, 0.29) is 31.1 Å². The highest BCUT2D eigenvalue weighted by molar-refractivity contribution is 5.87. The van der Waals surface area contributed by atoms with Gasteiger partial charge in [-0.25, -0.2) is 0 Å². The number of hydrogen-bond acceptors (Lipinski definition) is 4. The number of hydrogen-bond donors (Lipinski definition) is 2. The molecule has 2 heterocycles. The predicted octanol–water partition coefficient (Wildman–Crippen LogP) is 7.32. The molecule has 2 unspecified atom stereocenters. The van der Waals surface area contributed by atoms with Crippen molar-refractivity contribution < 1.29 is 14.9 Å². The average molecular weight is 601 g/mol. The van der Waals surface area contributed by atoms with Crippen molar-refractivity contribution in [3.8, 4) is 0 Å². The molecule has 1 aromatic heterocycles. The van der Waals surface area contributed by atoms with E-state index in [0.717, 1.165) is 38.0 Å². The SMILES string of the molecule is CC[C@@]1(C(O)COCc2ccccc2)CN(Cc2ccccc2)C2C[C@@H]1[C@@H](CO)c1c2n(Cc2ccccc2)c2ccccc12. The van der Waals surface area contributed by atoms with E-state index >= 15 is 0 Å². The molecule has 5 nitrogen and oxygen atoms in total. The van der Waals surface area contributed by atoms with Crippen LogP contribution in [0.15, 0.2) is 115 Å². The lowest BCUT2D eigenvalue weighted by atomic mass is 9.56. The number of aliphatic hydroxyl groups is 2. The number of nitrogens with zero attached hydrogens (tertiary/aromatic N) is 2. The summed E-state index contributed by atoms with van der Waals surface area (Å²) >= 11 is 0. The van der Waals surface area contributed by atoms with Crippen molar-refractivity contribution in [3.63, 3.8) is 0 Å². The van der Waals surface area contributed by atoms with Crippen LogP contribution >= 0.6 is 0 Å². The predicted molar refractivity (Wildman–Crippen MR) is 180 cm³/mol. The zero-order valence-electron chi connectivity index (χ0n) is 26.1.